The molecule has 0 spiro atoms. The zero-order chi connectivity index (χ0) is 13.0. The number of rotatable bonds is 4. The molecule has 2 rings (SSSR count). The van der Waals surface area contributed by atoms with E-state index >= 15 is 0 Å². The molecule has 1 heterocycles. The van der Waals surface area contributed by atoms with Gasteiger partial charge in [0, 0.05) is 29.4 Å². The molecule has 18 heavy (non-hydrogen) atoms. The lowest BCUT2D eigenvalue weighted by Gasteiger charge is -2.05. The fourth-order valence-electron chi connectivity index (χ4n) is 1.63. The van der Waals surface area contributed by atoms with Crippen LogP contribution >= 0.6 is 11.6 Å². The minimum Gasteiger partial charge on any atom is -0.330 e. The van der Waals surface area contributed by atoms with Gasteiger partial charge in [-0.05, 0) is 30.7 Å². The fourth-order valence-corrected chi connectivity index (χ4v) is 1.86. The van der Waals surface area contributed by atoms with Crippen LogP contribution in [0.1, 0.15) is 17.0 Å². The first kappa shape index (κ1) is 12.9. The number of nitrogens with two attached hydrogens (primary N) is 1. The van der Waals surface area contributed by atoms with Gasteiger partial charge in [0.1, 0.15) is 11.6 Å². The van der Waals surface area contributed by atoms with Crippen molar-refractivity contribution in [3.8, 4) is 0 Å². The number of hydrogen-bond donors (Lipinski definition) is 1. The van der Waals surface area contributed by atoms with Crippen molar-refractivity contribution >= 4 is 11.6 Å². The highest BCUT2D eigenvalue weighted by molar-refractivity contribution is 6.31. The van der Waals surface area contributed by atoms with E-state index in [1.54, 1.807) is 24.5 Å². The van der Waals surface area contributed by atoms with Crippen LogP contribution in [0.25, 0.3) is 0 Å². The van der Waals surface area contributed by atoms with Gasteiger partial charge in [-0.25, -0.2) is 14.4 Å². The SMILES string of the molecule is NCCc1cnc(Cc2c(F)cccc2Cl)nc1. The Labute approximate surface area is 110 Å². The van der Waals surface area contributed by atoms with Crippen molar-refractivity contribution in [2.45, 2.75) is 12.8 Å². The van der Waals surface area contributed by atoms with Crippen molar-refractivity contribution in [1.29, 1.82) is 0 Å². The molecule has 0 radical (unpaired) electrons. The summed E-state index contributed by atoms with van der Waals surface area (Å²) in [5, 5.41) is 0.393. The van der Waals surface area contributed by atoms with Crippen molar-refractivity contribution < 1.29 is 4.39 Å². The third-order valence-electron chi connectivity index (χ3n) is 2.59. The second kappa shape index (κ2) is 5.89. The van der Waals surface area contributed by atoms with Gasteiger partial charge in [0.2, 0.25) is 0 Å². The molecule has 2 N–H and O–H groups in total. The van der Waals surface area contributed by atoms with E-state index in [-0.39, 0.29) is 12.2 Å². The van der Waals surface area contributed by atoms with E-state index in [1.807, 2.05) is 0 Å². The maximum absolute atomic E-state index is 13.6. The summed E-state index contributed by atoms with van der Waals surface area (Å²) in [6.07, 6.45) is 4.45. The fraction of sp³-hybridized carbons (Fsp3) is 0.231. The Morgan fingerprint density at radius 2 is 1.94 bits per heavy atom. The van der Waals surface area contributed by atoms with Crippen molar-refractivity contribution in [3.05, 3.63) is 58.4 Å². The summed E-state index contributed by atoms with van der Waals surface area (Å²) in [5.41, 5.74) is 6.83. The molecule has 0 saturated carbocycles. The van der Waals surface area contributed by atoms with Gasteiger partial charge in [-0.2, -0.15) is 0 Å². The monoisotopic (exact) mass is 265 g/mol. The summed E-state index contributed by atoms with van der Waals surface area (Å²) in [7, 11) is 0. The normalized spacial score (nSPS) is 10.6. The average molecular weight is 266 g/mol. The molecule has 3 nitrogen and oxygen atoms in total. The van der Waals surface area contributed by atoms with Crippen LogP contribution in [0.2, 0.25) is 5.02 Å². The summed E-state index contributed by atoms with van der Waals surface area (Å²) in [4.78, 5) is 8.37. The van der Waals surface area contributed by atoms with Gasteiger partial charge in [-0.3, -0.25) is 0 Å². The summed E-state index contributed by atoms with van der Waals surface area (Å²) in [6.45, 7) is 0.557. The average Bonchev–Trinajstić information content (AvgIpc) is 2.36. The van der Waals surface area contributed by atoms with Crippen LogP contribution in [0.5, 0.6) is 0 Å². The van der Waals surface area contributed by atoms with Crippen molar-refractivity contribution in [1.82, 2.24) is 9.97 Å². The molecule has 5 heteroatoms. The minimum absolute atomic E-state index is 0.286. The molecular weight excluding hydrogens is 253 g/mol. The third kappa shape index (κ3) is 3.03. The van der Waals surface area contributed by atoms with Gasteiger partial charge in [0.15, 0.2) is 0 Å². The number of benzene rings is 1. The van der Waals surface area contributed by atoms with Crippen LogP contribution in [-0.4, -0.2) is 16.5 Å². The lowest BCUT2D eigenvalue weighted by atomic mass is 10.1. The largest absolute Gasteiger partial charge is 0.330 e. The third-order valence-corrected chi connectivity index (χ3v) is 2.94. The van der Waals surface area contributed by atoms with Gasteiger partial charge in [-0.1, -0.05) is 17.7 Å². The lowest BCUT2D eigenvalue weighted by Crippen LogP contribution is -2.05. The number of hydrogen-bond acceptors (Lipinski definition) is 3. The topological polar surface area (TPSA) is 51.8 Å². The molecule has 1 aromatic heterocycles. The predicted molar refractivity (Wildman–Crippen MR) is 69.0 cm³/mol. The maximum atomic E-state index is 13.6. The molecule has 0 aliphatic rings. The summed E-state index contributed by atoms with van der Waals surface area (Å²) >= 11 is 5.95. The summed E-state index contributed by atoms with van der Waals surface area (Å²) < 4.78 is 13.6. The van der Waals surface area contributed by atoms with Gasteiger partial charge in [0.05, 0.1) is 0 Å². The van der Waals surface area contributed by atoms with Gasteiger partial charge in [-0.15, -0.1) is 0 Å². The van der Waals surface area contributed by atoms with E-state index in [9.17, 15) is 4.39 Å². The van der Waals surface area contributed by atoms with E-state index in [0.29, 0.717) is 23.0 Å². The van der Waals surface area contributed by atoms with Crippen LogP contribution in [0.4, 0.5) is 4.39 Å². The molecular formula is C13H13ClFN3. The summed E-state index contributed by atoms with van der Waals surface area (Å²) in [5.74, 6) is 0.208. The lowest BCUT2D eigenvalue weighted by molar-refractivity contribution is 0.612. The highest BCUT2D eigenvalue weighted by Crippen LogP contribution is 2.20. The molecule has 0 aliphatic heterocycles. The molecule has 0 unspecified atom stereocenters. The van der Waals surface area contributed by atoms with E-state index in [4.69, 9.17) is 17.3 Å². The first-order valence-corrected chi connectivity index (χ1v) is 6.01. The molecule has 1 aromatic carbocycles. The molecule has 0 saturated heterocycles. The first-order valence-electron chi connectivity index (χ1n) is 5.63. The summed E-state index contributed by atoms with van der Waals surface area (Å²) in [6, 6.07) is 4.61. The second-order valence-corrected chi connectivity index (χ2v) is 4.33. The Kier molecular flexibility index (Phi) is 4.23. The van der Waals surface area contributed by atoms with Gasteiger partial charge < -0.3 is 5.73 Å². The molecule has 0 atom stereocenters. The van der Waals surface area contributed by atoms with Crippen LogP contribution < -0.4 is 5.73 Å². The quantitative estimate of drug-likeness (QED) is 0.923. The van der Waals surface area contributed by atoms with Gasteiger partial charge >= 0.3 is 0 Å². The second-order valence-electron chi connectivity index (χ2n) is 3.92. The van der Waals surface area contributed by atoms with Crippen molar-refractivity contribution in [3.63, 3.8) is 0 Å². The van der Waals surface area contributed by atoms with E-state index in [1.165, 1.54) is 6.07 Å². The van der Waals surface area contributed by atoms with E-state index < -0.39 is 0 Å². The standard InChI is InChI=1S/C13H13ClFN3/c14-11-2-1-3-12(15)10(11)6-13-17-7-9(4-5-16)8-18-13/h1-3,7-8H,4-6,16H2. The molecule has 0 amide bonds. The number of aromatic nitrogens is 2. The molecule has 2 aromatic rings. The Morgan fingerprint density at radius 1 is 1.22 bits per heavy atom. The Morgan fingerprint density at radius 3 is 2.56 bits per heavy atom. The highest BCUT2D eigenvalue weighted by atomic mass is 35.5. The van der Waals surface area contributed by atoms with E-state index in [2.05, 4.69) is 9.97 Å². The first-order chi connectivity index (χ1) is 8.70. The highest BCUT2D eigenvalue weighted by Gasteiger charge is 2.09. The van der Waals surface area contributed by atoms with Crippen LogP contribution in [0.15, 0.2) is 30.6 Å². The molecule has 0 aliphatic carbocycles. The Hall–Kier alpha value is -1.52. The van der Waals surface area contributed by atoms with Crippen molar-refractivity contribution in [2.24, 2.45) is 5.73 Å². The number of nitrogens with zero attached hydrogens (tertiary/aromatic N) is 2. The Bertz CT molecular complexity index is 508. The van der Waals surface area contributed by atoms with Crippen LogP contribution in [0, 0.1) is 5.82 Å². The van der Waals surface area contributed by atoms with Crippen LogP contribution in [-0.2, 0) is 12.8 Å². The van der Waals surface area contributed by atoms with E-state index in [0.717, 1.165) is 12.0 Å². The van der Waals surface area contributed by atoms with Crippen molar-refractivity contribution in [2.75, 3.05) is 6.54 Å². The minimum atomic E-state index is -0.336. The van der Waals surface area contributed by atoms with Crippen LogP contribution in [0.3, 0.4) is 0 Å². The molecule has 0 fully saturated rings. The predicted octanol–water partition coefficient (Wildman–Crippen LogP) is 2.36. The maximum Gasteiger partial charge on any atom is 0.132 e. The molecule has 94 valence electrons. The number of halogens is 2. The zero-order valence-electron chi connectivity index (χ0n) is 9.74. The Balaban J connectivity index is 2.18. The zero-order valence-corrected chi connectivity index (χ0v) is 10.5. The van der Waals surface area contributed by atoms with Gasteiger partial charge in [0.25, 0.3) is 0 Å². The molecule has 0 bridgehead atoms. The smallest absolute Gasteiger partial charge is 0.132 e.